The van der Waals surface area contributed by atoms with E-state index in [0.29, 0.717) is 0 Å². The first kappa shape index (κ1) is 24.1. The van der Waals surface area contributed by atoms with Gasteiger partial charge in [0.2, 0.25) is 5.91 Å². The molecule has 0 saturated heterocycles. The van der Waals surface area contributed by atoms with E-state index in [9.17, 15) is 27.6 Å². The molecule has 2 amide bonds. The van der Waals surface area contributed by atoms with Crippen molar-refractivity contribution >= 4 is 18.0 Å². The highest BCUT2D eigenvalue weighted by Crippen LogP contribution is 2.44. The van der Waals surface area contributed by atoms with Crippen molar-refractivity contribution in [3.8, 4) is 11.1 Å². The molecule has 3 rings (SSSR count). The summed E-state index contributed by atoms with van der Waals surface area (Å²) in [5.41, 5.74) is 3.80. The average molecular weight is 464 g/mol. The number of halogens is 3. The SMILES string of the molecule is CCC(NC(=O)C(CC(F)(F)F)NC(=O)OCC1c2ccccc2-c2ccccc21)C(=O)O. The minimum absolute atomic E-state index is 0.0369. The van der Waals surface area contributed by atoms with Crippen molar-refractivity contribution in [2.24, 2.45) is 0 Å². The van der Waals surface area contributed by atoms with Crippen LogP contribution in [0.5, 0.6) is 0 Å². The Hall–Kier alpha value is -3.56. The number of ether oxygens (including phenoxy) is 1. The second kappa shape index (κ2) is 9.93. The Morgan fingerprint density at radius 3 is 2.00 bits per heavy atom. The minimum Gasteiger partial charge on any atom is -0.480 e. The van der Waals surface area contributed by atoms with Crippen LogP contribution in [0.2, 0.25) is 0 Å². The van der Waals surface area contributed by atoms with Crippen LogP contribution in [0.15, 0.2) is 48.5 Å². The fourth-order valence-corrected chi connectivity index (χ4v) is 3.83. The number of carboxylic acid groups (broad SMARTS) is 1. The van der Waals surface area contributed by atoms with Crippen molar-refractivity contribution in [3.63, 3.8) is 0 Å². The Kier molecular flexibility index (Phi) is 7.25. The third-order valence-electron chi connectivity index (χ3n) is 5.41. The summed E-state index contributed by atoms with van der Waals surface area (Å²) in [5.74, 6) is -2.96. The summed E-state index contributed by atoms with van der Waals surface area (Å²) in [6.45, 7) is 1.31. The molecule has 176 valence electrons. The van der Waals surface area contributed by atoms with Crippen LogP contribution in [-0.2, 0) is 14.3 Å². The number of carbonyl (C=O) groups is 3. The van der Waals surface area contributed by atoms with Crippen LogP contribution in [0.4, 0.5) is 18.0 Å². The van der Waals surface area contributed by atoms with Crippen LogP contribution in [0.1, 0.15) is 36.8 Å². The van der Waals surface area contributed by atoms with E-state index in [2.05, 4.69) is 0 Å². The second-order valence-electron chi connectivity index (χ2n) is 7.65. The highest BCUT2D eigenvalue weighted by atomic mass is 19.4. The van der Waals surface area contributed by atoms with E-state index >= 15 is 0 Å². The molecule has 0 fully saturated rings. The third kappa shape index (κ3) is 5.82. The Morgan fingerprint density at radius 1 is 0.970 bits per heavy atom. The van der Waals surface area contributed by atoms with Crippen LogP contribution < -0.4 is 10.6 Å². The van der Waals surface area contributed by atoms with Gasteiger partial charge < -0.3 is 20.5 Å². The van der Waals surface area contributed by atoms with Gasteiger partial charge >= 0.3 is 18.2 Å². The number of alkyl halides is 3. The molecule has 0 bridgehead atoms. The summed E-state index contributed by atoms with van der Waals surface area (Å²) in [6.07, 6.45) is -7.68. The number of carbonyl (C=O) groups excluding carboxylic acids is 2. The van der Waals surface area contributed by atoms with Gasteiger partial charge in [0.05, 0.1) is 6.42 Å². The van der Waals surface area contributed by atoms with Crippen molar-refractivity contribution in [2.45, 2.75) is 43.9 Å². The van der Waals surface area contributed by atoms with Crippen LogP contribution in [0, 0.1) is 0 Å². The molecule has 1 aliphatic carbocycles. The quantitative estimate of drug-likeness (QED) is 0.551. The largest absolute Gasteiger partial charge is 0.480 e. The zero-order chi connectivity index (χ0) is 24.2. The Balaban J connectivity index is 1.69. The zero-order valence-electron chi connectivity index (χ0n) is 17.7. The molecule has 0 aromatic heterocycles. The molecular formula is C23H23F3N2O5. The number of carboxylic acids is 1. The first-order valence-corrected chi connectivity index (χ1v) is 10.3. The smallest absolute Gasteiger partial charge is 0.407 e. The molecular weight excluding hydrogens is 441 g/mol. The summed E-state index contributed by atoms with van der Waals surface area (Å²) >= 11 is 0. The standard InChI is InChI=1S/C23H23F3N2O5/c1-2-18(21(30)31)27-20(29)19(11-23(24,25)26)28-22(32)33-12-17-15-9-5-3-7-13(15)14-8-4-6-10-16(14)17/h3-10,17-19H,2,11-12H2,1H3,(H,27,29)(H,28,32)(H,30,31). The molecule has 33 heavy (non-hydrogen) atoms. The maximum Gasteiger partial charge on any atom is 0.407 e. The molecule has 2 aromatic carbocycles. The molecule has 0 aliphatic heterocycles. The highest BCUT2D eigenvalue weighted by molar-refractivity contribution is 5.89. The third-order valence-corrected chi connectivity index (χ3v) is 5.41. The van der Waals surface area contributed by atoms with Gasteiger partial charge in [-0.3, -0.25) is 4.79 Å². The molecule has 0 heterocycles. The monoisotopic (exact) mass is 464 g/mol. The maximum atomic E-state index is 13.0. The number of rotatable bonds is 8. The number of amides is 2. The molecule has 0 saturated carbocycles. The number of hydrogen-bond donors (Lipinski definition) is 3. The van der Waals surface area contributed by atoms with E-state index < -0.39 is 42.7 Å². The summed E-state index contributed by atoms with van der Waals surface area (Å²) in [5, 5.41) is 13.0. The Bertz CT molecular complexity index is 995. The summed E-state index contributed by atoms with van der Waals surface area (Å²) < 4.78 is 44.1. The van der Waals surface area contributed by atoms with Crippen molar-refractivity contribution in [1.29, 1.82) is 0 Å². The van der Waals surface area contributed by atoms with Gasteiger partial charge in [0, 0.05) is 5.92 Å². The van der Waals surface area contributed by atoms with Gasteiger partial charge in [-0.15, -0.1) is 0 Å². The maximum absolute atomic E-state index is 13.0. The number of nitrogens with one attached hydrogen (secondary N) is 2. The van der Waals surface area contributed by atoms with Gasteiger partial charge in [0.1, 0.15) is 18.7 Å². The number of hydrogen-bond acceptors (Lipinski definition) is 4. The lowest BCUT2D eigenvalue weighted by Gasteiger charge is -2.22. The van der Waals surface area contributed by atoms with Crippen LogP contribution in [0.3, 0.4) is 0 Å². The Labute approximate surface area is 187 Å². The van der Waals surface area contributed by atoms with E-state index in [1.54, 1.807) is 0 Å². The van der Waals surface area contributed by atoms with Crippen molar-refractivity contribution < 1.29 is 37.4 Å². The molecule has 7 nitrogen and oxygen atoms in total. The Morgan fingerprint density at radius 2 is 1.52 bits per heavy atom. The van der Waals surface area contributed by atoms with Gasteiger partial charge in [-0.1, -0.05) is 55.5 Å². The normalized spacial score (nSPS) is 14.5. The molecule has 0 spiro atoms. The summed E-state index contributed by atoms with van der Waals surface area (Å²) in [7, 11) is 0. The lowest BCUT2D eigenvalue weighted by Crippen LogP contribution is -2.53. The van der Waals surface area contributed by atoms with Crippen molar-refractivity contribution in [3.05, 3.63) is 59.7 Å². The average Bonchev–Trinajstić information content (AvgIpc) is 3.08. The predicted octanol–water partition coefficient (Wildman–Crippen LogP) is 3.83. The number of aliphatic carboxylic acids is 1. The molecule has 2 unspecified atom stereocenters. The van der Waals surface area contributed by atoms with E-state index in [1.807, 2.05) is 59.2 Å². The molecule has 3 N–H and O–H groups in total. The molecule has 2 atom stereocenters. The topological polar surface area (TPSA) is 105 Å². The van der Waals surface area contributed by atoms with E-state index in [1.165, 1.54) is 6.92 Å². The highest BCUT2D eigenvalue weighted by Gasteiger charge is 2.38. The van der Waals surface area contributed by atoms with Crippen LogP contribution in [-0.4, -0.2) is 47.9 Å². The number of fused-ring (bicyclic) bond motifs is 3. The minimum atomic E-state index is -4.77. The zero-order valence-corrected chi connectivity index (χ0v) is 17.7. The predicted molar refractivity (Wildman–Crippen MR) is 113 cm³/mol. The lowest BCUT2D eigenvalue weighted by molar-refractivity contribution is -0.150. The summed E-state index contributed by atoms with van der Waals surface area (Å²) in [6, 6.07) is 11.7. The fraction of sp³-hybridized carbons (Fsp3) is 0.348. The van der Waals surface area contributed by atoms with Gasteiger partial charge in [-0.05, 0) is 28.7 Å². The molecule has 10 heteroatoms. The molecule has 1 aliphatic rings. The van der Waals surface area contributed by atoms with Gasteiger partial charge in [0.15, 0.2) is 0 Å². The number of alkyl carbamates (subject to hydrolysis) is 1. The summed E-state index contributed by atoms with van der Waals surface area (Å²) in [4.78, 5) is 35.7. The first-order chi connectivity index (χ1) is 15.6. The van der Waals surface area contributed by atoms with Gasteiger partial charge in [-0.2, -0.15) is 13.2 Å². The van der Waals surface area contributed by atoms with Crippen LogP contribution in [0.25, 0.3) is 11.1 Å². The number of benzene rings is 2. The lowest BCUT2D eigenvalue weighted by atomic mass is 9.98. The molecule has 0 radical (unpaired) electrons. The van der Waals surface area contributed by atoms with E-state index in [4.69, 9.17) is 9.84 Å². The van der Waals surface area contributed by atoms with Gasteiger partial charge in [-0.25, -0.2) is 9.59 Å². The van der Waals surface area contributed by atoms with E-state index in [-0.39, 0.29) is 18.9 Å². The van der Waals surface area contributed by atoms with Gasteiger partial charge in [0.25, 0.3) is 0 Å². The van der Waals surface area contributed by atoms with Crippen molar-refractivity contribution in [1.82, 2.24) is 10.6 Å². The van der Waals surface area contributed by atoms with Crippen LogP contribution >= 0.6 is 0 Å². The first-order valence-electron chi connectivity index (χ1n) is 10.3. The second-order valence-corrected chi connectivity index (χ2v) is 7.65. The fourth-order valence-electron chi connectivity index (χ4n) is 3.83. The van der Waals surface area contributed by atoms with Crippen molar-refractivity contribution in [2.75, 3.05) is 6.61 Å². The molecule has 2 aromatic rings. The van der Waals surface area contributed by atoms with E-state index in [0.717, 1.165) is 22.3 Å².